The number of rotatable bonds is 5. The van der Waals surface area contributed by atoms with Gasteiger partial charge < -0.3 is 5.32 Å². The van der Waals surface area contributed by atoms with Gasteiger partial charge in [0.2, 0.25) is 0 Å². The molecule has 1 aliphatic rings. The highest BCUT2D eigenvalue weighted by atomic mass is 35.5. The van der Waals surface area contributed by atoms with Crippen molar-refractivity contribution >= 4 is 46.2 Å². The fraction of sp³-hybridized carbons (Fsp3) is 0. The highest BCUT2D eigenvalue weighted by Crippen LogP contribution is 2.31. The third-order valence-corrected chi connectivity index (χ3v) is 4.04. The Labute approximate surface area is 155 Å². The van der Waals surface area contributed by atoms with Crippen molar-refractivity contribution in [3.05, 3.63) is 79.5 Å². The second kappa shape index (κ2) is 6.84. The number of non-ortho nitro benzene ring substituents is 2. The number of benzene rings is 2. The predicted molar refractivity (Wildman–Crippen MR) is 95.2 cm³/mol. The number of hydrogen-bond donors (Lipinski definition) is 1. The van der Waals surface area contributed by atoms with Gasteiger partial charge in [0, 0.05) is 30.0 Å². The van der Waals surface area contributed by atoms with Gasteiger partial charge in [0.15, 0.2) is 0 Å². The summed E-state index contributed by atoms with van der Waals surface area (Å²) < 4.78 is 0. The molecular formula is C16H9ClN4O6. The maximum Gasteiger partial charge on any atom is 0.283 e. The highest BCUT2D eigenvalue weighted by Gasteiger charge is 2.39. The molecular weight excluding hydrogens is 380 g/mol. The number of nitro groups is 2. The first-order valence-electron chi connectivity index (χ1n) is 7.34. The molecule has 0 saturated carbocycles. The van der Waals surface area contributed by atoms with Crippen LogP contribution in [0.3, 0.4) is 0 Å². The Bertz CT molecular complexity index is 1000. The van der Waals surface area contributed by atoms with Gasteiger partial charge >= 0.3 is 0 Å². The summed E-state index contributed by atoms with van der Waals surface area (Å²) in [6.07, 6.45) is 0. The highest BCUT2D eigenvalue weighted by molar-refractivity contribution is 6.53. The van der Waals surface area contributed by atoms with Crippen molar-refractivity contribution in [3.63, 3.8) is 0 Å². The largest absolute Gasteiger partial charge is 0.350 e. The summed E-state index contributed by atoms with van der Waals surface area (Å²) in [5.41, 5.74) is -0.0911. The van der Waals surface area contributed by atoms with Crippen molar-refractivity contribution in [1.82, 2.24) is 0 Å². The van der Waals surface area contributed by atoms with Crippen molar-refractivity contribution in [1.29, 1.82) is 0 Å². The van der Waals surface area contributed by atoms with E-state index in [1.165, 1.54) is 36.4 Å². The van der Waals surface area contributed by atoms with Crippen LogP contribution in [0.25, 0.3) is 0 Å². The quantitative estimate of drug-likeness (QED) is 0.472. The molecule has 11 heteroatoms. The van der Waals surface area contributed by atoms with Gasteiger partial charge in [0.25, 0.3) is 23.2 Å². The molecule has 0 aliphatic carbocycles. The lowest BCUT2D eigenvalue weighted by molar-refractivity contribution is -0.385. The van der Waals surface area contributed by atoms with Gasteiger partial charge in [0.05, 0.1) is 15.5 Å². The molecule has 1 aliphatic heterocycles. The molecule has 2 aromatic rings. The molecule has 3 rings (SSSR count). The maximum atomic E-state index is 12.6. The summed E-state index contributed by atoms with van der Waals surface area (Å²) in [6.45, 7) is 0. The Balaban J connectivity index is 1.85. The number of nitrogens with one attached hydrogen (secondary N) is 1. The first kappa shape index (κ1) is 18.0. The molecule has 0 aromatic heterocycles. The van der Waals surface area contributed by atoms with E-state index in [9.17, 15) is 29.8 Å². The number of hydrogen-bond acceptors (Lipinski definition) is 7. The van der Waals surface area contributed by atoms with Crippen LogP contribution in [-0.4, -0.2) is 21.7 Å². The zero-order chi connectivity index (χ0) is 19.7. The number of nitrogens with zero attached hydrogens (tertiary/aromatic N) is 3. The molecule has 0 atom stereocenters. The SMILES string of the molecule is O=C1C(Cl)=C(Nc2ccc([N+](=O)[O-])cc2)C(=O)N1c1ccc([N+](=O)[O-])cc1. The van der Waals surface area contributed by atoms with E-state index in [1.807, 2.05) is 0 Å². The molecule has 2 aromatic carbocycles. The first-order chi connectivity index (χ1) is 12.8. The molecule has 27 heavy (non-hydrogen) atoms. The monoisotopic (exact) mass is 388 g/mol. The lowest BCUT2D eigenvalue weighted by Crippen LogP contribution is -2.32. The summed E-state index contributed by atoms with van der Waals surface area (Å²) in [6, 6.07) is 10.0. The average Bonchev–Trinajstić information content (AvgIpc) is 2.85. The van der Waals surface area contributed by atoms with E-state index in [0.717, 1.165) is 17.0 Å². The number of nitro benzene ring substituents is 2. The minimum Gasteiger partial charge on any atom is -0.350 e. The Morgan fingerprint density at radius 1 is 0.815 bits per heavy atom. The van der Waals surface area contributed by atoms with E-state index in [4.69, 9.17) is 11.6 Å². The molecule has 0 saturated heterocycles. The van der Waals surface area contributed by atoms with Crippen molar-refractivity contribution < 1.29 is 19.4 Å². The third-order valence-electron chi connectivity index (χ3n) is 3.69. The van der Waals surface area contributed by atoms with E-state index in [2.05, 4.69) is 5.32 Å². The molecule has 0 radical (unpaired) electrons. The Kier molecular flexibility index (Phi) is 4.57. The second-order valence-electron chi connectivity index (χ2n) is 5.34. The number of carbonyl (C=O) groups excluding carboxylic acids is 2. The topological polar surface area (TPSA) is 136 Å². The predicted octanol–water partition coefficient (Wildman–Crippen LogP) is 2.94. The number of anilines is 2. The van der Waals surface area contributed by atoms with E-state index >= 15 is 0 Å². The lowest BCUT2D eigenvalue weighted by Gasteiger charge is -2.14. The van der Waals surface area contributed by atoms with Crippen LogP contribution in [0.1, 0.15) is 0 Å². The lowest BCUT2D eigenvalue weighted by atomic mass is 10.2. The fourth-order valence-corrected chi connectivity index (χ4v) is 2.59. The van der Waals surface area contributed by atoms with E-state index in [-0.39, 0.29) is 27.8 Å². The van der Waals surface area contributed by atoms with Gasteiger partial charge in [-0.3, -0.25) is 29.8 Å². The van der Waals surface area contributed by atoms with Gasteiger partial charge in [-0.05, 0) is 24.3 Å². The van der Waals surface area contributed by atoms with Crippen LogP contribution in [0.5, 0.6) is 0 Å². The fourth-order valence-electron chi connectivity index (χ4n) is 2.38. The summed E-state index contributed by atoms with van der Waals surface area (Å²) in [5, 5.41) is 23.7. The molecule has 1 N–H and O–H groups in total. The van der Waals surface area contributed by atoms with Crippen LogP contribution in [0.2, 0.25) is 0 Å². The van der Waals surface area contributed by atoms with Gasteiger partial charge in [-0.15, -0.1) is 0 Å². The van der Waals surface area contributed by atoms with Crippen LogP contribution >= 0.6 is 11.6 Å². The van der Waals surface area contributed by atoms with Crippen molar-refractivity contribution in [3.8, 4) is 0 Å². The van der Waals surface area contributed by atoms with Crippen LogP contribution in [0.15, 0.2) is 59.3 Å². The number of carbonyl (C=O) groups is 2. The van der Waals surface area contributed by atoms with Crippen LogP contribution < -0.4 is 10.2 Å². The van der Waals surface area contributed by atoms with Crippen LogP contribution in [0, 0.1) is 20.2 Å². The first-order valence-corrected chi connectivity index (χ1v) is 7.72. The van der Waals surface area contributed by atoms with Crippen molar-refractivity contribution in [2.75, 3.05) is 10.2 Å². The normalized spacial score (nSPS) is 13.9. The van der Waals surface area contributed by atoms with Crippen molar-refractivity contribution in [2.24, 2.45) is 0 Å². The summed E-state index contributed by atoms with van der Waals surface area (Å²) in [4.78, 5) is 45.9. The van der Waals surface area contributed by atoms with Crippen LogP contribution in [-0.2, 0) is 9.59 Å². The van der Waals surface area contributed by atoms with Gasteiger partial charge in [-0.1, -0.05) is 11.6 Å². The molecule has 0 spiro atoms. The third kappa shape index (κ3) is 3.33. The molecule has 2 amide bonds. The van der Waals surface area contributed by atoms with Crippen molar-refractivity contribution in [2.45, 2.75) is 0 Å². The van der Waals surface area contributed by atoms with E-state index in [1.54, 1.807) is 0 Å². The zero-order valence-corrected chi connectivity index (χ0v) is 14.0. The van der Waals surface area contributed by atoms with E-state index in [0.29, 0.717) is 5.69 Å². The van der Waals surface area contributed by atoms with Gasteiger partial charge in [-0.2, -0.15) is 0 Å². The number of halogens is 1. The van der Waals surface area contributed by atoms with Gasteiger partial charge in [-0.25, -0.2) is 4.90 Å². The zero-order valence-electron chi connectivity index (χ0n) is 13.3. The molecule has 1 heterocycles. The van der Waals surface area contributed by atoms with Gasteiger partial charge in [0.1, 0.15) is 10.7 Å². The maximum absolute atomic E-state index is 12.6. The smallest absolute Gasteiger partial charge is 0.283 e. The average molecular weight is 389 g/mol. The summed E-state index contributed by atoms with van der Waals surface area (Å²) in [5.74, 6) is -1.54. The molecule has 10 nitrogen and oxygen atoms in total. The Hall–Kier alpha value is -3.79. The van der Waals surface area contributed by atoms with Crippen LogP contribution in [0.4, 0.5) is 22.7 Å². The second-order valence-corrected chi connectivity index (χ2v) is 5.72. The molecule has 136 valence electrons. The summed E-state index contributed by atoms with van der Waals surface area (Å²) in [7, 11) is 0. The molecule has 0 bridgehead atoms. The minimum atomic E-state index is -0.792. The number of imide groups is 1. The number of amides is 2. The summed E-state index contributed by atoms with van der Waals surface area (Å²) >= 11 is 5.97. The van der Waals surface area contributed by atoms with E-state index < -0.39 is 21.7 Å². The molecule has 0 fully saturated rings. The Morgan fingerprint density at radius 3 is 1.78 bits per heavy atom. The molecule has 0 unspecified atom stereocenters. The minimum absolute atomic E-state index is 0.120. The standard InChI is InChI=1S/C16H9ClN4O6/c17-13-14(18-9-1-3-11(4-2-9)20(24)25)16(23)19(15(13)22)10-5-7-12(8-6-10)21(26)27/h1-8,18H. The Morgan fingerprint density at radius 2 is 1.30 bits per heavy atom.